The van der Waals surface area contributed by atoms with Crippen LogP contribution >= 0.6 is 11.3 Å². The molecule has 1 fully saturated rings. The summed E-state index contributed by atoms with van der Waals surface area (Å²) in [6.45, 7) is 4.99. The molecule has 1 saturated heterocycles. The second kappa shape index (κ2) is 9.65. The van der Waals surface area contributed by atoms with Gasteiger partial charge in [-0.15, -0.1) is 11.3 Å². The van der Waals surface area contributed by atoms with Crippen molar-refractivity contribution in [3.63, 3.8) is 0 Å². The third-order valence-electron chi connectivity index (χ3n) is 6.12. The SMILES string of the molecule is Cc1nc(-c2ccncc2)sc1C(=O)N1CCN(C(c2ccccc2)c2ccccc2)CC1. The van der Waals surface area contributed by atoms with E-state index in [0.29, 0.717) is 13.1 Å². The van der Waals surface area contributed by atoms with Crippen LogP contribution in [-0.4, -0.2) is 51.9 Å². The Balaban J connectivity index is 1.32. The molecule has 5 rings (SSSR count). The number of piperazine rings is 1. The lowest BCUT2D eigenvalue weighted by atomic mass is 9.96. The highest BCUT2D eigenvalue weighted by molar-refractivity contribution is 7.17. The highest BCUT2D eigenvalue weighted by Crippen LogP contribution is 2.31. The van der Waals surface area contributed by atoms with Gasteiger partial charge in [0.05, 0.1) is 11.7 Å². The third-order valence-corrected chi connectivity index (χ3v) is 7.31. The highest BCUT2D eigenvalue weighted by Gasteiger charge is 2.30. The largest absolute Gasteiger partial charge is 0.335 e. The van der Waals surface area contributed by atoms with Crippen molar-refractivity contribution in [3.8, 4) is 10.6 Å². The number of carbonyl (C=O) groups excluding carboxylic acids is 1. The average Bonchev–Trinajstić information content (AvgIpc) is 3.28. The first-order valence-electron chi connectivity index (χ1n) is 11.2. The lowest BCUT2D eigenvalue weighted by Crippen LogP contribution is -2.49. The zero-order valence-corrected chi connectivity index (χ0v) is 19.4. The number of amides is 1. The predicted molar refractivity (Wildman–Crippen MR) is 132 cm³/mol. The molecule has 0 bridgehead atoms. The van der Waals surface area contributed by atoms with Crippen LogP contribution in [0.25, 0.3) is 10.6 Å². The fraction of sp³-hybridized carbons (Fsp3) is 0.222. The average molecular weight is 455 g/mol. The molecule has 2 aromatic heterocycles. The first-order valence-corrected chi connectivity index (χ1v) is 12.0. The van der Waals surface area contributed by atoms with E-state index in [1.165, 1.54) is 22.5 Å². The number of aromatic nitrogens is 2. The zero-order valence-electron chi connectivity index (χ0n) is 18.6. The van der Waals surface area contributed by atoms with Gasteiger partial charge in [-0.05, 0) is 30.2 Å². The van der Waals surface area contributed by atoms with Gasteiger partial charge in [0.1, 0.15) is 9.88 Å². The number of carbonyl (C=O) groups is 1. The van der Waals surface area contributed by atoms with E-state index >= 15 is 0 Å². The molecular weight excluding hydrogens is 428 g/mol. The summed E-state index contributed by atoms with van der Waals surface area (Å²) in [6.07, 6.45) is 3.51. The number of benzene rings is 2. The van der Waals surface area contributed by atoms with E-state index in [4.69, 9.17) is 0 Å². The van der Waals surface area contributed by atoms with Crippen molar-refractivity contribution in [2.45, 2.75) is 13.0 Å². The van der Waals surface area contributed by atoms with Crippen molar-refractivity contribution in [1.29, 1.82) is 0 Å². The molecule has 0 aliphatic carbocycles. The van der Waals surface area contributed by atoms with Gasteiger partial charge >= 0.3 is 0 Å². The highest BCUT2D eigenvalue weighted by atomic mass is 32.1. The van der Waals surface area contributed by atoms with Crippen molar-refractivity contribution in [2.75, 3.05) is 26.2 Å². The zero-order chi connectivity index (χ0) is 22.6. The molecule has 6 heteroatoms. The molecule has 0 radical (unpaired) electrons. The Kier molecular flexibility index (Phi) is 6.28. The number of hydrogen-bond acceptors (Lipinski definition) is 5. The van der Waals surface area contributed by atoms with Gasteiger partial charge in [-0.1, -0.05) is 60.7 Å². The monoisotopic (exact) mass is 454 g/mol. The van der Waals surface area contributed by atoms with Crippen LogP contribution in [0.15, 0.2) is 85.2 Å². The molecule has 2 aromatic carbocycles. The van der Waals surface area contributed by atoms with E-state index in [1.54, 1.807) is 12.4 Å². The van der Waals surface area contributed by atoms with Gasteiger partial charge in [-0.3, -0.25) is 14.7 Å². The summed E-state index contributed by atoms with van der Waals surface area (Å²) in [5, 5.41) is 0.866. The van der Waals surface area contributed by atoms with Gasteiger partial charge in [0.15, 0.2) is 0 Å². The van der Waals surface area contributed by atoms with E-state index in [-0.39, 0.29) is 11.9 Å². The van der Waals surface area contributed by atoms with Crippen LogP contribution in [0.3, 0.4) is 0 Å². The molecule has 5 nitrogen and oxygen atoms in total. The summed E-state index contributed by atoms with van der Waals surface area (Å²) in [5.74, 6) is 0.0842. The van der Waals surface area contributed by atoms with E-state index in [0.717, 1.165) is 34.2 Å². The summed E-state index contributed by atoms with van der Waals surface area (Å²) in [4.78, 5) is 27.3. The predicted octanol–water partition coefficient (Wildman–Crippen LogP) is 5.06. The molecule has 4 aromatic rings. The Morgan fingerprint density at radius 1 is 0.848 bits per heavy atom. The van der Waals surface area contributed by atoms with Crippen LogP contribution in [0.1, 0.15) is 32.5 Å². The molecule has 1 aliphatic heterocycles. The number of rotatable bonds is 5. The van der Waals surface area contributed by atoms with Crippen molar-refractivity contribution in [1.82, 2.24) is 19.8 Å². The number of pyridine rings is 1. The second-order valence-electron chi connectivity index (χ2n) is 8.22. The Bertz CT molecular complexity index is 1160. The van der Waals surface area contributed by atoms with Crippen molar-refractivity contribution in [2.24, 2.45) is 0 Å². The van der Waals surface area contributed by atoms with Crippen molar-refractivity contribution in [3.05, 3.63) is 107 Å². The van der Waals surface area contributed by atoms with Gasteiger partial charge in [0.25, 0.3) is 5.91 Å². The number of thiazole rings is 1. The normalized spacial score (nSPS) is 14.5. The summed E-state index contributed by atoms with van der Waals surface area (Å²) < 4.78 is 0. The van der Waals surface area contributed by atoms with Gasteiger partial charge in [-0.25, -0.2) is 4.98 Å². The fourth-order valence-electron chi connectivity index (χ4n) is 4.42. The number of nitrogens with zero attached hydrogens (tertiary/aromatic N) is 4. The van der Waals surface area contributed by atoms with Crippen LogP contribution < -0.4 is 0 Å². The molecule has 0 N–H and O–H groups in total. The maximum absolute atomic E-state index is 13.3. The minimum atomic E-state index is 0.0842. The van der Waals surface area contributed by atoms with Crippen LogP contribution in [0.5, 0.6) is 0 Å². The lowest BCUT2D eigenvalue weighted by molar-refractivity contribution is 0.0601. The lowest BCUT2D eigenvalue weighted by Gasteiger charge is -2.39. The Morgan fingerprint density at radius 3 is 2.00 bits per heavy atom. The quantitative estimate of drug-likeness (QED) is 0.423. The minimum Gasteiger partial charge on any atom is -0.335 e. The first-order chi connectivity index (χ1) is 16.2. The number of aryl methyl sites for hydroxylation is 1. The maximum Gasteiger partial charge on any atom is 0.265 e. The molecule has 3 heterocycles. The molecule has 1 aliphatic rings. The van der Waals surface area contributed by atoms with Gasteiger partial charge < -0.3 is 4.90 Å². The van der Waals surface area contributed by atoms with Gasteiger partial charge in [0, 0.05) is 44.1 Å². The van der Waals surface area contributed by atoms with E-state index in [1.807, 2.05) is 24.0 Å². The minimum absolute atomic E-state index is 0.0842. The summed E-state index contributed by atoms with van der Waals surface area (Å²) in [5.41, 5.74) is 4.36. The molecule has 0 atom stereocenters. The summed E-state index contributed by atoms with van der Waals surface area (Å²) in [6, 6.07) is 25.3. The smallest absolute Gasteiger partial charge is 0.265 e. The summed E-state index contributed by atoms with van der Waals surface area (Å²) in [7, 11) is 0. The van der Waals surface area contributed by atoms with Crippen LogP contribution in [0.2, 0.25) is 0 Å². The molecule has 166 valence electrons. The molecular formula is C27H26N4OS. The Morgan fingerprint density at radius 2 is 1.42 bits per heavy atom. The van der Waals surface area contributed by atoms with E-state index < -0.39 is 0 Å². The maximum atomic E-state index is 13.3. The Hall–Kier alpha value is -3.35. The van der Waals surface area contributed by atoms with Crippen LogP contribution in [0.4, 0.5) is 0 Å². The first kappa shape index (κ1) is 21.5. The van der Waals surface area contributed by atoms with Gasteiger partial charge in [-0.2, -0.15) is 0 Å². The molecule has 0 unspecified atom stereocenters. The van der Waals surface area contributed by atoms with Gasteiger partial charge in [0.2, 0.25) is 0 Å². The second-order valence-corrected chi connectivity index (χ2v) is 9.22. The summed E-state index contributed by atoms with van der Waals surface area (Å²) >= 11 is 1.47. The topological polar surface area (TPSA) is 49.3 Å². The fourth-order valence-corrected chi connectivity index (χ4v) is 5.46. The standard InChI is InChI=1S/C27H26N4OS/c1-20-25(33-26(29-20)23-12-14-28-15-13-23)27(32)31-18-16-30(17-19-31)24(21-8-4-2-5-9-21)22-10-6-3-7-11-22/h2-15,24H,16-19H2,1H3. The molecule has 1 amide bonds. The number of hydrogen-bond donors (Lipinski definition) is 0. The molecule has 0 saturated carbocycles. The van der Waals surface area contributed by atoms with Crippen LogP contribution in [-0.2, 0) is 0 Å². The van der Waals surface area contributed by atoms with Crippen molar-refractivity contribution >= 4 is 17.2 Å². The van der Waals surface area contributed by atoms with E-state index in [9.17, 15) is 4.79 Å². The molecule has 33 heavy (non-hydrogen) atoms. The third kappa shape index (κ3) is 4.58. The Labute approximate surface area is 198 Å². The van der Waals surface area contributed by atoms with Crippen molar-refractivity contribution < 1.29 is 4.79 Å². The van der Waals surface area contributed by atoms with Crippen LogP contribution in [0, 0.1) is 6.92 Å². The van der Waals surface area contributed by atoms with E-state index in [2.05, 4.69) is 75.5 Å². The molecule has 0 spiro atoms.